The molecule has 0 atom stereocenters. The fourth-order valence-electron chi connectivity index (χ4n) is 1.76. The largest absolute Gasteiger partial charge is 0.373 e. The summed E-state index contributed by atoms with van der Waals surface area (Å²) in [6.07, 6.45) is 0. The second-order valence-corrected chi connectivity index (χ2v) is 5.81. The van der Waals surface area contributed by atoms with Crippen molar-refractivity contribution in [3.8, 4) is 0 Å². The number of hydrogen-bond donors (Lipinski definition) is 1. The molecule has 0 aliphatic rings. The van der Waals surface area contributed by atoms with Crippen LogP contribution in [-0.2, 0) is 0 Å². The molecule has 0 saturated heterocycles. The highest BCUT2D eigenvalue weighted by atomic mass is 32.2. The topological polar surface area (TPSA) is 37.8 Å². The van der Waals surface area contributed by atoms with Crippen molar-refractivity contribution in [1.29, 1.82) is 0 Å². The molecule has 0 saturated carbocycles. The fourth-order valence-corrected chi connectivity index (χ4v) is 2.62. The summed E-state index contributed by atoms with van der Waals surface area (Å²) in [4.78, 5) is 9.94. The lowest BCUT2D eigenvalue weighted by Gasteiger charge is -2.07. The van der Waals surface area contributed by atoms with E-state index >= 15 is 0 Å². The Kier molecular flexibility index (Phi) is 4.43. The van der Waals surface area contributed by atoms with Gasteiger partial charge in [-0.15, -0.1) is 0 Å². The zero-order valence-corrected chi connectivity index (χ0v) is 12.6. The lowest BCUT2D eigenvalue weighted by Crippen LogP contribution is -1.97. The van der Waals surface area contributed by atoms with E-state index in [1.807, 2.05) is 20.0 Å². The van der Waals surface area contributed by atoms with Crippen LogP contribution in [0.1, 0.15) is 31.2 Å². The van der Waals surface area contributed by atoms with Gasteiger partial charge < -0.3 is 5.32 Å². The van der Waals surface area contributed by atoms with E-state index in [1.54, 1.807) is 11.8 Å². The third-order valence-corrected chi connectivity index (χ3v) is 3.77. The summed E-state index contributed by atoms with van der Waals surface area (Å²) in [5.74, 6) is 2.21. The second-order valence-electron chi connectivity index (χ2n) is 4.71. The SMILES string of the molecule is CNc1cc(Sc2ccc(C(C)C)cc2)nc(C)n1. The first-order valence-electron chi connectivity index (χ1n) is 6.39. The van der Waals surface area contributed by atoms with E-state index in [4.69, 9.17) is 0 Å². The number of rotatable bonds is 4. The van der Waals surface area contributed by atoms with Crippen molar-refractivity contribution in [2.24, 2.45) is 0 Å². The Balaban J connectivity index is 2.18. The van der Waals surface area contributed by atoms with E-state index in [0.29, 0.717) is 5.92 Å². The second kappa shape index (κ2) is 6.06. The van der Waals surface area contributed by atoms with E-state index in [0.717, 1.165) is 16.7 Å². The molecule has 0 spiro atoms. The molecular formula is C15H19N3S. The van der Waals surface area contributed by atoms with Gasteiger partial charge in [-0.1, -0.05) is 37.7 Å². The van der Waals surface area contributed by atoms with Crippen molar-refractivity contribution in [2.75, 3.05) is 12.4 Å². The van der Waals surface area contributed by atoms with Crippen molar-refractivity contribution in [3.63, 3.8) is 0 Å². The Labute approximate surface area is 118 Å². The zero-order valence-electron chi connectivity index (χ0n) is 11.8. The highest BCUT2D eigenvalue weighted by Gasteiger charge is 2.04. The summed E-state index contributed by atoms with van der Waals surface area (Å²) >= 11 is 1.66. The molecule has 3 nitrogen and oxygen atoms in total. The Morgan fingerprint density at radius 3 is 2.37 bits per heavy atom. The fraction of sp³-hybridized carbons (Fsp3) is 0.333. The van der Waals surface area contributed by atoms with Gasteiger partial charge >= 0.3 is 0 Å². The van der Waals surface area contributed by atoms with E-state index in [1.165, 1.54) is 10.5 Å². The van der Waals surface area contributed by atoms with Crippen molar-refractivity contribution >= 4 is 17.6 Å². The Morgan fingerprint density at radius 1 is 1.11 bits per heavy atom. The number of aromatic nitrogens is 2. The quantitative estimate of drug-likeness (QED) is 0.851. The molecule has 1 N–H and O–H groups in total. The summed E-state index contributed by atoms with van der Waals surface area (Å²) in [7, 11) is 1.87. The maximum absolute atomic E-state index is 4.45. The summed E-state index contributed by atoms with van der Waals surface area (Å²) in [6.45, 7) is 6.32. The number of hydrogen-bond acceptors (Lipinski definition) is 4. The average Bonchev–Trinajstić information content (AvgIpc) is 2.38. The van der Waals surface area contributed by atoms with Crippen LogP contribution in [0.4, 0.5) is 5.82 Å². The maximum atomic E-state index is 4.45. The van der Waals surface area contributed by atoms with Crippen LogP contribution < -0.4 is 5.32 Å². The summed E-state index contributed by atoms with van der Waals surface area (Å²) in [5.41, 5.74) is 1.36. The first-order chi connectivity index (χ1) is 9.08. The van der Waals surface area contributed by atoms with Crippen molar-refractivity contribution < 1.29 is 0 Å². The Bertz CT molecular complexity index is 550. The standard InChI is InChI=1S/C15H19N3S/c1-10(2)12-5-7-13(8-6-12)19-15-9-14(16-4)17-11(3)18-15/h5-10H,1-4H3,(H,16,17,18). The molecule has 0 unspecified atom stereocenters. The molecule has 4 heteroatoms. The van der Waals surface area contributed by atoms with Gasteiger partial charge in [0.15, 0.2) is 0 Å². The normalized spacial score (nSPS) is 10.8. The van der Waals surface area contributed by atoms with Crippen molar-refractivity contribution in [2.45, 2.75) is 36.6 Å². The van der Waals surface area contributed by atoms with Crippen molar-refractivity contribution in [3.05, 3.63) is 41.7 Å². The van der Waals surface area contributed by atoms with Crippen LogP contribution >= 0.6 is 11.8 Å². The maximum Gasteiger partial charge on any atom is 0.130 e. The highest BCUT2D eigenvalue weighted by molar-refractivity contribution is 7.99. The third kappa shape index (κ3) is 3.70. The predicted octanol–water partition coefficient (Wildman–Crippen LogP) is 4.10. The van der Waals surface area contributed by atoms with Gasteiger partial charge in [-0.3, -0.25) is 0 Å². The molecule has 2 aromatic rings. The molecule has 1 aromatic carbocycles. The molecule has 100 valence electrons. The van der Waals surface area contributed by atoms with Gasteiger partial charge in [-0.05, 0) is 30.5 Å². The molecule has 0 aliphatic heterocycles. The molecule has 0 aliphatic carbocycles. The van der Waals surface area contributed by atoms with Crippen LogP contribution in [0.5, 0.6) is 0 Å². The Hall–Kier alpha value is -1.55. The van der Waals surface area contributed by atoms with Crippen LogP contribution in [0.15, 0.2) is 40.3 Å². The number of benzene rings is 1. The molecule has 0 radical (unpaired) electrons. The number of nitrogens with zero attached hydrogens (tertiary/aromatic N) is 2. The molecule has 0 bridgehead atoms. The molecule has 0 amide bonds. The van der Waals surface area contributed by atoms with Gasteiger partial charge in [0.25, 0.3) is 0 Å². The average molecular weight is 273 g/mol. The highest BCUT2D eigenvalue weighted by Crippen LogP contribution is 2.28. The predicted molar refractivity (Wildman–Crippen MR) is 81.0 cm³/mol. The monoisotopic (exact) mass is 273 g/mol. The third-order valence-electron chi connectivity index (χ3n) is 2.84. The molecular weight excluding hydrogens is 254 g/mol. The molecule has 0 fully saturated rings. The van der Waals surface area contributed by atoms with Crippen LogP contribution in [0.2, 0.25) is 0 Å². The van der Waals surface area contributed by atoms with E-state index < -0.39 is 0 Å². The van der Waals surface area contributed by atoms with Gasteiger partial charge in [0.05, 0.1) is 0 Å². The lowest BCUT2D eigenvalue weighted by molar-refractivity contribution is 0.865. The summed E-state index contributed by atoms with van der Waals surface area (Å²) < 4.78 is 0. The first-order valence-corrected chi connectivity index (χ1v) is 7.21. The van der Waals surface area contributed by atoms with E-state index in [2.05, 4.69) is 53.4 Å². The first kappa shape index (κ1) is 13.9. The number of aryl methyl sites for hydroxylation is 1. The smallest absolute Gasteiger partial charge is 0.130 e. The Morgan fingerprint density at radius 2 is 1.79 bits per heavy atom. The van der Waals surface area contributed by atoms with Crippen LogP contribution in [0.3, 0.4) is 0 Å². The van der Waals surface area contributed by atoms with Gasteiger partial charge in [-0.25, -0.2) is 9.97 Å². The lowest BCUT2D eigenvalue weighted by atomic mass is 10.0. The minimum atomic E-state index is 0.566. The van der Waals surface area contributed by atoms with E-state index in [-0.39, 0.29) is 0 Å². The zero-order chi connectivity index (χ0) is 13.8. The van der Waals surface area contributed by atoms with Crippen LogP contribution in [0, 0.1) is 6.92 Å². The molecule has 19 heavy (non-hydrogen) atoms. The van der Waals surface area contributed by atoms with Crippen LogP contribution in [-0.4, -0.2) is 17.0 Å². The molecule has 2 rings (SSSR count). The van der Waals surface area contributed by atoms with Crippen LogP contribution in [0.25, 0.3) is 0 Å². The van der Waals surface area contributed by atoms with Gasteiger partial charge in [-0.2, -0.15) is 0 Å². The van der Waals surface area contributed by atoms with Gasteiger partial charge in [0.2, 0.25) is 0 Å². The molecule has 1 heterocycles. The van der Waals surface area contributed by atoms with Gasteiger partial charge in [0.1, 0.15) is 16.7 Å². The minimum Gasteiger partial charge on any atom is -0.373 e. The summed E-state index contributed by atoms with van der Waals surface area (Å²) in [5, 5.41) is 4.02. The number of anilines is 1. The van der Waals surface area contributed by atoms with E-state index in [9.17, 15) is 0 Å². The summed E-state index contributed by atoms with van der Waals surface area (Å²) in [6, 6.07) is 10.6. The molecule has 1 aromatic heterocycles. The minimum absolute atomic E-state index is 0.566. The number of nitrogens with one attached hydrogen (secondary N) is 1. The van der Waals surface area contributed by atoms with Crippen molar-refractivity contribution in [1.82, 2.24) is 9.97 Å². The van der Waals surface area contributed by atoms with Gasteiger partial charge in [0, 0.05) is 18.0 Å².